The highest BCUT2D eigenvalue weighted by Crippen LogP contribution is 1.92. The van der Waals surface area contributed by atoms with Crippen molar-refractivity contribution in [3.8, 4) is 0 Å². The number of hydrogen-bond acceptors (Lipinski definition) is 2. The van der Waals surface area contributed by atoms with Crippen molar-refractivity contribution < 1.29 is 0 Å². The molecule has 0 aromatic rings. The molecule has 0 aliphatic heterocycles. The first-order valence-electron chi connectivity index (χ1n) is 3.29. The fraction of sp³-hybridized carbons (Fsp3) is 0.500. The number of hydrogen-bond donors (Lipinski definition) is 0. The fourth-order valence-corrected chi connectivity index (χ4v) is 0.298. The zero-order valence-corrected chi connectivity index (χ0v) is 7.05. The number of allylic oxidation sites excluding steroid dienone is 2. The van der Waals surface area contributed by atoms with Crippen molar-refractivity contribution in [2.24, 2.45) is 10.2 Å². The minimum atomic E-state index is 1.16. The van der Waals surface area contributed by atoms with Crippen LogP contribution >= 0.6 is 0 Å². The van der Waals surface area contributed by atoms with E-state index in [4.69, 9.17) is 0 Å². The third-order valence-corrected chi connectivity index (χ3v) is 0.699. The average molecular weight is 138 g/mol. The Kier molecular flexibility index (Phi) is 4.46. The van der Waals surface area contributed by atoms with Crippen molar-refractivity contribution in [2.45, 2.75) is 27.7 Å². The summed E-state index contributed by atoms with van der Waals surface area (Å²) in [6, 6.07) is 0. The van der Waals surface area contributed by atoms with Crippen LogP contribution in [0, 0.1) is 0 Å². The molecule has 0 rings (SSSR count). The molecule has 0 aromatic heterocycles. The van der Waals surface area contributed by atoms with Crippen LogP contribution in [0.5, 0.6) is 0 Å². The van der Waals surface area contributed by atoms with E-state index >= 15 is 0 Å². The van der Waals surface area contributed by atoms with Gasteiger partial charge in [-0.25, -0.2) is 0 Å². The molecule has 0 bridgehead atoms. The SMILES string of the molecule is CC(C)=CN=NC=C(C)C. The van der Waals surface area contributed by atoms with Crippen LogP contribution in [-0.4, -0.2) is 0 Å². The summed E-state index contributed by atoms with van der Waals surface area (Å²) in [6.07, 6.45) is 3.47. The molecule has 0 amide bonds. The molecule has 0 saturated carbocycles. The third kappa shape index (κ3) is 7.08. The van der Waals surface area contributed by atoms with Gasteiger partial charge in [-0.2, -0.15) is 10.2 Å². The normalized spacial score (nSPS) is 9.60. The maximum Gasteiger partial charge on any atom is 0.0482 e. The smallest absolute Gasteiger partial charge is 0.0482 e. The highest BCUT2D eigenvalue weighted by Gasteiger charge is 1.72. The van der Waals surface area contributed by atoms with Gasteiger partial charge in [0, 0.05) is 12.4 Å². The molecule has 0 heterocycles. The van der Waals surface area contributed by atoms with E-state index in [1.165, 1.54) is 0 Å². The minimum Gasteiger partial charge on any atom is -0.159 e. The molecule has 0 aromatic carbocycles. The average Bonchev–Trinajstić information content (AvgIpc) is 1.79. The van der Waals surface area contributed by atoms with Crippen LogP contribution in [-0.2, 0) is 0 Å². The summed E-state index contributed by atoms with van der Waals surface area (Å²) in [4.78, 5) is 0. The second kappa shape index (κ2) is 4.91. The molecule has 0 atom stereocenters. The molecule has 0 fully saturated rings. The van der Waals surface area contributed by atoms with E-state index in [9.17, 15) is 0 Å². The van der Waals surface area contributed by atoms with Gasteiger partial charge in [0.15, 0.2) is 0 Å². The monoisotopic (exact) mass is 138 g/mol. The van der Waals surface area contributed by atoms with Crippen molar-refractivity contribution >= 4 is 0 Å². The molecular weight excluding hydrogens is 124 g/mol. The Balaban J connectivity index is 3.80. The first kappa shape index (κ1) is 9.08. The van der Waals surface area contributed by atoms with Gasteiger partial charge < -0.3 is 0 Å². The molecule has 0 spiro atoms. The van der Waals surface area contributed by atoms with Crippen molar-refractivity contribution in [2.75, 3.05) is 0 Å². The van der Waals surface area contributed by atoms with E-state index in [2.05, 4.69) is 10.2 Å². The van der Waals surface area contributed by atoms with Gasteiger partial charge in [0.1, 0.15) is 0 Å². The molecule has 0 N–H and O–H groups in total. The zero-order chi connectivity index (χ0) is 7.98. The van der Waals surface area contributed by atoms with Crippen LogP contribution in [0.1, 0.15) is 27.7 Å². The van der Waals surface area contributed by atoms with E-state index in [1.807, 2.05) is 27.7 Å². The van der Waals surface area contributed by atoms with Crippen molar-refractivity contribution in [1.29, 1.82) is 0 Å². The van der Waals surface area contributed by atoms with E-state index < -0.39 is 0 Å². The summed E-state index contributed by atoms with van der Waals surface area (Å²) < 4.78 is 0. The Morgan fingerprint density at radius 1 is 0.800 bits per heavy atom. The van der Waals surface area contributed by atoms with Gasteiger partial charge in [0.05, 0.1) is 0 Å². The summed E-state index contributed by atoms with van der Waals surface area (Å²) in [5.74, 6) is 0. The van der Waals surface area contributed by atoms with Crippen LogP contribution in [0.2, 0.25) is 0 Å². The van der Waals surface area contributed by atoms with E-state index in [0.717, 1.165) is 11.1 Å². The summed E-state index contributed by atoms with van der Waals surface area (Å²) >= 11 is 0. The highest BCUT2D eigenvalue weighted by molar-refractivity contribution is 4.93. The lowest BCUT2D eigenvalue weighted by Gasteiger charge is -1.81. The van der Waals surface area contributed by atoms with Gasteiger partial charge >= 0.3 is 0 Å². The molecule has 0 radical (unpaired) electrons. The highest BCUT2D eigenvalue weighted by atomic mass is 15.1. The number of rotatable bonds is 2. The Bertz CT molecular complexity index is 148. The molecule has 0 aliphatic carbocycles. The molecular formula is C8H14N2. The maximum absolute atomic E-state index is 3.80. The predicted octanol–water partition coefficient (Wildman–Crippen LogP) is 3.29. The Morgan fingerprint density at radius 2 is 1.10 bits per heavy atom. The predicted molar refractivity (Wildman–Crippen MR) is 43.7 cm³/mol. The molecule has 0 unspecified atom stereocenters. The Morgan fingerprint density at radius 3 is 1.30 bits per heavy atom. The van der Waals surface area contributed by atoms with Crippen LogP contribution < -0.4 is 0 Å². The molecule has 10 heavy (non-hydrogen) atoms. The van der Waals surface area contributed by atoms with Crippen LogP contribution in [0.3, 0.4) is 0 Å². The summed E-state index contributed by atoms with van der Waals surface area (Å²) in [5.41, 5.74) is 2.32. The van der Waals surface area contributed by atoms with Gasteiger partial charge in [-0.1, -0.05) is 11.1 Å². The lowest BCUT2D eigenvalue weighted by molar-refractivity contribution is 1.16. The summed E-state index contributed by atoms with van der Waals surface area (Å²) in [5, 5.41) is 7.60. The second-order valence-corrected chi connectivity index (χ2v) is 2.64. The van der Waals surface area contributed by atoms with E-state index in [-0.39, 0.29) is 0 Å². The summed E-state index contributed by atoms with van der Waals surface area (Å²) in [6.45, 7) is 7.95. The van der Waals surface area contributed by atoms with Gasteiger partial charge in [-0.05, 0) is 27.7 Å². The standard InChI is InChI=1S/C8H14N2/c1-7(2)5-9-10-6-8(3)4/h5-6H,1-4H3. The second-order valence-electron chi connectivity index (χ2n) is 2.64. The number of nitrogens with zero attached hydrogens (tertiary/aromatic N) is 2. The Hall–Kier alpha value is -0.920. The summed E-state index contributed by atoms with van der Waals surface area (Å²) in [7, 11) is 0. The largest absolute Gasteiger partial charge is 0.159 e. The third-order valence-electron chi connectivity index (χ3n) is 0.699. The minimum absolute atomic E-state index is 1.16. The fourth-order valence-electron chi connectivity index (χ4n) is 0.298. The van der Waals surface area contributed by atoms with Crippen LogP contribution in [0.25, 0.3) is 0 Å². The van der Waals surface area contributed by atoms with Crippen LogP contribution in [0.4, 0.5) is 0 Å². The molecule has 0 saturated heterocycles. The topological polar surface area (TPSA) is 24.7 Å². The van der Waals surface area contributed by atoms with Gasteiger partial charge in [-0.3, -0.25) is 0 Å². The van der Waals surface area contributed by atoms with Crippen molar-refractivity contribution in [1.82, 2.24) is 0 Å². The molecule has 0 aliphatic rings. The van der Waals surface area contributed by atoms with Gasteiger partial charge in [0.2, 0.25) is 0 Å². The molecule has 56 valence electrons. The van der Waals surface area contributed by atoms with Gasteiger partial charge in [-0.15, -0.1) is 0 Å². The lowest BCUT2D eigenvalue weighted by atomic mass is 10.4. The van der Waals surface area contributed by atoms with E-state index in [0.29, 0.717) is 0 Å². The molecule has 2 heteroatoms. The first-order chi connectivity index (χ1) is 4.63. The zero-order valence-electron chi connectivity index (χ0n) is 7.05. The maximum atomic E-state index is 3.80. The van der Waals surface area contributed by atoms with Crippen molar-refractivity contribution in [3.05, 3.63) is 23.5 Å². The molecule has 2 nitrogen and oxygen atoms in total. The quantitative estimate of drug-likeness (QED) is 0.523. The van der Waals surface area contributed by atoms with Crippen molar-refractivity contribution in [3.63, 3.8) is 0 Å². The lowest BCUT2D eigenvalue weighted by Crippen LogP contribution is -1.60. The van der Waals surface area contributed by atoms with E-state index in [1.54, 1.807) is 12.4 Å². The Labute approximate surface area is 62.4 Å². The number of azo groups is 1. The van der Waals surface area contributed by atoms with Gasteiger partial charge in [0.25, 0.3) is 0 Å². The first-order valence-corrected chi connectivity index (χ1v) is 3.29. The van der Waals surface area contributed by atoms with Crippen LogP contribution in [0.15, 0.2) is 33.8 Å².